The molecule has 0 aliphatic carbocycles. The van der Waals surface area contributed by atoms with E-state index in [1.807, 2.05) is 12.3 Å². The molecule has 5 heteroatoms. The van der Waals surface area contributed by atoms with Gasteiger partial charge in [0, 0.05) is 30.1 Å². The molecule has 0 amide bonds. The zero-order valence-electron chi connectivity index (χ0n) is 10.4. The molecule has 96 valence electrons. The highest BCUT2D eigenvalue weighted by atomic mass is 32.1. The summed E-state index contributed by atoms with van der Waals surface area (Å²) >= 11 is 1.64. The normalized spacial score (nSPS) is 10.4. The first kappa shape index (κ1) is 12.8. The van der Waals surface area contributed by atoms with E-state index in [1.54, 1.807) is 24.5 Å². The van der Waals surface area contributed by atoms with Gasteiger partial charge in [0.25, 0.3) is 0 Å². The van der Waals surface area contributed by atoms with Crippen LogP contribution in [-0.2, 0) is 6.42 Å². The number of rotatable bonds is 5. The van der Waals surface area contributed by atoms with Crippen molar-refractivity contribution in [3.63, 3.8) is 0 Å². The van der Waals surface area contributed by atoms with Crippen LogP contribution in [-0.4, -0.2) is 18.6 Å². The van der Waals surface area contributed by atoms with Gasteiger partial charge in [-0.3, -0.25) is 0 Å². The standard InChI is InChI=1S/C13H15FN2OS/c1-9-8-18-13(16-9)5-6-15-11-7-10(14)3-4-12(11)17-2/h3-4,7-8,15H,5-6H2,1-2H3. The number of thiazole rings is 1. The molecule has 2 aromatic rings. The number of methoxy groups -OCH3 is 1. The summed E-state index contributed by atoms with van der Waals surface area (Å²) < 4.78 is 18.3. The molecule has 1 aromatic heterocycles. The van der Waals surface area contributed by atoms with Gasteiger partial charge in [0.05, 0.1) is 17.8 Å². The number of anilines is 1. The Morgan fingerprint density at radius 2 is 2.28 bits per heavy atom. The van der Waals surface area contributed by atoms with Gasteiger partial charge in [-0.2, -0.15) is 0 Å². The van der Waals surface area contributed by atoms with Gasteiger partial charge in [0.2, 0.25) is 0 Å². The number of hydrogen-bond donors (Lipinski definition) is 1. The smallest absolute Gasteiger partial charge is 0.142 e. The first-order valence-electron chi connectivity index (χ1n) is 5.67. The molecule has 0 fully saturated rings. The minimum absolute atomic E-state index is 0.275. The van der Waals surface area contributed by atoms with E-state index in [0.717, 1.165) is 17.1 Å². The molecule has 0 saturated carbocycles. The van der Waals surface area contributed by atoms with Gasteiger partial charge in [-0.05, 0) is 19.1 Å². The largest absolute Gasteiger partial charge is 0.495 e. The molecule has 0 unspecified atom stereocenters. The Hall–Kier alpha value is -1.62. The van der Waals surface area contributed by atoms with Gasteiger partial charge in [-0.1, -0.05) is 0 Å². The maximum absolute atomic E-state index is 13.1. The molecule has 2 rings (SSSR count). The van der Waals surface area contributed by atoms with Crippen LogP contribution in [0.25, 0.3) is 0 Å². The van der Waals surface area contributed by atoms with Gasteiger partial charge in [-0.15, -0.1) is 11.3 Å². The van der Waals surface area contributed by atoms with Crippen LogP contribution in [0.4, 0.5) is 10.1 Å². The van der Waals surface area contributed by atoms with Crippen molar-refractivity contribution in [1.82, 2.24) is 4.98 Å². The second-order valence-electron chi connectivity index (χ2n) is 3.90. The molecule has 1 aromatic carbocycles. The Kier molecular flexibility index (Phi) is 4.15. The monoisotopic (exact) mass is 266 g/mol. The third-order valence-corrected chi connectivity index (χ3v) is 3.51. The van der Waals surface area contributed by atoms with Crippen LogP contribution in [0.3, 0.4) is 0 Å². The summed E-state index contributed by atoms with van der Waals surface area (Å²) in [6.45, 7) is 2.68. The molecule has 0 saturated heterocycles. The number of aryl methyl sites for hydroxylation is 1. The number of halogens is 1. The van der Waals surface area contributed by atoms with Gasteiger partial charge < -0.3 is 10.1 Å². The maximum atomic E-state index is 13.1. The van der Waals surface area contributed by atoms with Crippen LogP contribution in [0.2, 0.25) is 0 Å². The Labute approximate surface area is 110 Å². The number of benzene rings is 1. The molecule has 0 bridgehead atoms. The number of nitrogens with zero attached hydrogens (tertiary/aromatic N) is 1. The molecular weight excluding hydrogens is 251 g/mol. The third-order valence-electron chi connectivity index (χ3n) is 2.48. The lowest BCUT2D eigenvalue weighted by molar-refractivity contribution is 0.415. The molecule has 1 heterocycles. The Morgan fingerprint density at radius 3 is 2.94 bits per heavy atom. The molecule has 18 heavy (non-hydrogen) atoms. The van der Waals surface area contributed by atoms with Crippen LogP contribution < -0.4 is 10.1 Å². The van der Waals surface area contributed by atoms with Crippen molar-refractivity contribution in [3.8, 4) is 5.75 Å². The van der Waals surface area contributed by atoms with Crippen molar-refractivity contribution in [2.75, 3.05) is 19.0 Å². The number of nitrogens with one attached hydrogen (secondary N) is 1. The highest BCUT2D eigenvalue weighted by Gasteiger charge is 2.04. The summed E-state index contributed by atoms with van der Waals surface area (Å²) in [4.78, 5) is 4.38. The van der Waals surface area contributed by atoms with Crippen molar-refractivity contribution in [2.24, 2.45) is 0 Å². The minimum atomic E-state index is -0.275. The van der Waals surface area contributed by atoms with Gasteiger partial charge in [-0.25, -0.2) is 9.37 Å². The first-order chi connectivity index (χ1) is 8.69. The van der Waals surface area contributed by atoms with Crippen LogP contribution in [0, 0.1) is 12.7 Å². The lowest BCUT2D eigenvalue weighted by Crippen LogP contribution is -2.06. The van der Waals surface area contributed by atoms with Crippen molar-refractivity contribution in [1.29, 1.82) is 0 Å². The lowest BCUT2D eigenvalue weighted by atomic mass is 10.2. The van der Waals surface area contributed by atoms with Gasteiger partial charge in [0.1, 0.15) is 11.6 Å². The van der Waals surface area contributed by atoms with Gasteiger partial charge in [0.15, 0.2) is 0 Å². The lowest BCUT2D eigenvalue weighted by Gasteiger charge is -2.10. The quantitative estimate of drug-likeness (QED) is 0.902. The van der Waals surface area contributed by atoms with Crippen molar-refractivity contribution in [3.05, 3.63) is 40.1 Å². The molecule has 0 radical (unpaired) electrons. The molecule has 0 spiro atoms. The summed E-state index contributed by atoms with van der Waals surface area (Å²) in [5.74, 6) is 0.370. The van der Waals surface area contributed by atoms with E-state index in [4.69, 9.17) is 4.74 Å². The Bertz CT molecular complexity index is 527. The highest BCUT2D eigenvalue weighted by molar-refractivity contribution is 7.09. The van der Waals surface area contributed by atoms with Crippen molar-refractivity contribution >= 4 is 17.0 Å². The summed E-state index contributed by atoms with van der Waals surface area (Å²) in [6, 6.07) is 4.44. The summed E-state index contributed by atoms with van der Waals surface area (Å²) in [5.41, 5.74) is 1.71. The van der Waals surface area contributed by atoms with Gasteiger partial charge >= 0.3 is 0 Å². The SMILES string of the molecule is COc1ccc(F)cc1NCCc1nc(C)cs1. The first-order valence-corrected chi connectivity index (χ1v) is 6.55. The fourth-order valence-electron chi connectivity index (χ4n) is 1.64. The molecule has 1 N–H and O–H groups in total. The van der Waals surface area contributed by atoms with E-state index in [1.165, 1.54) is 12.1 Å². The zero-order chi connectivity index (χ0) is 13.0. The van der Waals surface area contributed by atoms with E-state index in [0.29, 0.717) is 18.0 Å². The zero-order valence-corrected chi connectivity index (χ0v) is 11.2. The molecule has 3 nitrogen and oxygen atoms in total. The average molecular weight is 266 g/mol. The second-order valence-corrected chi connectivity index (χ2v) is 4.85. The van der Waals surface area contributed by atoms with E-state index in [9.17, 15) is 4.39 Å². The molecular formula is C13H15FN2OS. The van der Waals surface area contributed by atoms with Crippen LogP contribution >= 0.6 is 11.3 Å². The van der Waals surface area contributed by atoms with Crippen LogP contribution in [0.5, 0.6) is 5.75 Å². The summed E-state index contributed by atoms with van der Waals surface area (Å²) in [5, 5.41) is 6.27. The predicted octanol–water partition coefficient (Wildman–Crippen LogP) is 3.25. The second kappa shape index (κ2) is 5.82. The summed E-state index contributed by atoms with van der Waals surface area (Å²) in [6.07, 6.45) is 0.818. The third kappa shape index (κ3) is 3.20. The fraction of sp³-hybridized carbons (Fsp3) is 0.308. The highest BCUT2D eigenvalue weighted by Crippen LogP contribution is 2.24. The molecule has 0 aliphatic rings. The van der Waals surface area contributed by atoms with Crippen LogP contribution in [0.15, 0.2) is 23.6 Å². The van der Waals surface area contributed by atoms with E-state index in [-0.39, 0.29) is 5.82 Å². The Balaban J connectivity index is 1.95. The Morgan fingerprint density at radius 1 is 1.44 bits per heavy atom. The number of ether oxygens (including phenoxy) is 1. The molecule has 0 aliphatic heterocycles. The van der Waals surface area contributed by atoms with E-state index < -0.39 is 0 Å². The van der Waals surface area contributed by atoms with E-state index in [2.05, 4.69) is 10.3 Å². The van der Waals surface area contributed by atoms with Crippen molar-refractivity contribution < 1.29 is 9.13 Å². The fourth-order valence-corrected chi connectivity index (χ4v) is 2.42. The number of hydrogen-bond acceptors (Lipinski definition) is 4. The van der Waals surface area contributed by atoms with Crippen molar-refractivity contribution in [2.45, 2.75) is 13.3 Å². The maximum Gasteiger partial charge on any atom is 0.142 e. The number of aromatic nitrogens is 1. The topological polar surface area (TPSA) is 34.1 Å². The predicted molar refractivity (Wildman–Crippen MR) is 72.0 cm³/mol. The van der Waals surface area contributed by atoms with E-state index >= 15 is 0 Å². The molecule has 0 atom stereocenters. The average Bonchev–Trinajstić information content (AvgIpc) is 2.75. The summed E-state index contributed by atoms with van der Waals surface area (Å²) in [7, 11) is 1.57. The minimum Gasteiger partial charge on any atom is -0.495 e. The van der Waals surface area contributed by atoms with Crippen LogP contribution in [0.1, 0.15) is 10.7 Å².